The number of hydrogen-bond donors (Lipinski definition) is 1. The van der Waals surface area contributed by atoms with Crippen LogP contribution in [-0.4, -0.2) is 23.2 Å². The van der Waals surface area contributed by atoms with E-state index < -0.39 is 0 Å². The Balaban J connectivity index is 1.64. The molecule has 0 unspecified atom stereocenters. The van der Waals surface area contributed by atoms with Crippen LogP contribution in [0.4, 0.5) is 5.13 Å². The Hall–Kier alpha value is -1.95. The molecule has 116 valence electrons. The average molecular weight is 317 g/mol. The molecule has 1 aliphatic carbocycles. The van der Waals surface area contributed by atoms with E-state index in [1.807, 2.05) is 0 Å². The summed E-state index contributed by atoms with van der Waals surface area (Å²) in [5.74, 6) is 1.07. The van der Waals surface area contributed by atoms with Crippen molar-refractivity contribution in [2.75, 3.05) is 12.4 Å². The molecule has 1 amide bonds. The fraction of sp³-hybridized carbons (Fsp3) is 0.438. The Bertz CT molecular complexity index is 633. The molecule has 2 aromatic rings. The molecule has 1 N–H and O–H groups in total. The summed E-state index contributed by atoms with van der Waals surface area (Å²) in [7, 11) is 1.60. The van der Waals surface area contributed by atoms with Crippen LogP contribution in [0, 0.1) is 0 Å². The maximum absolute atomic E-state index is 12.2. The van der Waals surface area contributed by atoms with Gasteiger partial charge in [0.05, 0.1) is 7.11 Å². The lowest BCUT2D eigenvalue weighted by molar-refractivity contribution is 0.102. The summed E-state index contributed by atoms with van der Waals surface area (Å²) < 4.78 is 5.09. The smallest absolute Gasteiger partial charge is 0.257 e. The minimum Gasteiger partial charge on any atom is -0.497 e. The second-order valence-corrected chi connectivity index (χ2v) is 6.47. The number of methoxy groups -OCH3 is 1. The third-order valence-electron chi connectivity index (χ3n) is 3.97. The molecule has 5 nitrogen and oxygen atoms in total. The minimum absolute atomic E-state index is 0.172. The first-order valence-electron chi connectivity index (χ1n) is 7.55. The molecule has 1 aliphatic rings. The Kier molecular flexibility index (Phi) is 4.68. The van der Waals surface area contributed by atoms with Crippen molar-refractivity contribution in [2.24, 2.45) is 0 Å². The molecule has 0 radical (unpaired) electrons. The molecule has 6 heteroatoms. The van der Waals surface area contributed by atoms with E-state index in [0.717, 1.165) is 10.8 Å². The Labute approximate surface area is 133 Å². The van der Waals surface area contributed by atoms with Crippen LogP contribution in [0.15, 0.2) is 24.3 Å². The molecular weight excluding hydrogens is 298 g/mol. The zero-order valence-electron chi connectivity index (χ0n) is 12.5. The van der Waals surface area contributed by atoms with Gasteiger partial charge in [0.25, 0.3) is 5.91 Å². The highest BCUT2D eigenvalue weighted by atomic mass is 32.1. The number of aromatic nitrogens is 2. The van der Waals surface area contributed by atoms with Crippen molar-refractivity contribution < 1.29 is 9.53 Å². The summed E-state index contributed by atoms with van der Waals surface area (Å²) in [6.45, 7) is 0. The first-order chi connectivity index (χ1) is 10.8. The lowest BCUT2D eigenvalue weighted by Crippen LogP contribution is -2.11. The van der Waals surface area contributed by atoms with Gasteiger partial charge in [0.15, 0.2) is 0 Å². The van der Waals surface area contributed by atoms with Crippen molar-refractivity contribution in [2.45, 2.75) is 38.0 Å². The van der Waals surface area contributed by atoms with Gasteiger partial charge in [0.2, 0.25) is 5.13 Å². The fourth-order valence-electron chi connectivity index (χ4n) is 2.71. The zero-order chi connectivity index (χ0) is 15.4. The first-order valence-corrected chi connectivity index (χ1v) is 8.36. The van der Waals surface area contributed by atoms with Gasteiger partial charge in [-0.2, -0.15) is 0 Å². The summed E-state index contributed by atoms with van der Waals surface area (Å²) in [4.78, 5) is 12.2. The van der Waals surface area contributed by atoms with Crippen LogP contribution in [0.5, 0.6) is 5.75 Å². The van der Waals surface area contributed by atoms with E-state index in [-0.39, 0.29) is 5.91 Å². The number of rotatable bonds is 4. The van der Waals surface area contributed by atoms with Crippen LogP contribution in [0.2, 0.25) is 0 Å². The monoisotopic (exact) mass is 317 g/mol. The van der Waals surface area contributed by atoms with Crippen LogP contribution in [0.25, 0.3) is 0 Å². The molecule has 0 aliphatic heterocycles. The third kappa shape index (κ3) is 3.44. The van der Waals surface area contributed by atoms with Crippen LogP contribution in [0.1, 0.15) is 53.4 Å². The molecule has 22 heavy (non-hydrogen) atoms. The Morgan fingerprint density at radius 3 is 2.59 bits per heavy atom. The largest absolute Gasteiger partial charge is 0.497 e. The first kappa shape index (κ1) is 15.0. The SMILES string of the molecule is COc1ccc(C(=O)Nc2nnc(C3CCCCC3)s2)cc1. The van der Waals surface area contributed by atoms with Crippen molar-refractivity contribution in [3.05, 3.63) is 34.8 Å². The van der Waals surface area contributed by atoms with Crippen molar-refractivity contribution >= 4 is 22.4 Å². The second-order valence-electron chi connectivity index (χ2n) is 5.46. The molecular formula is C16H19N3O2S. The van der Waals surface area contributed by atoms with Gasteiger partial charge in [-0.05, 0) is 37.1 Å². The molecule has 1 aromatic carbocycles. The number of nitrogens with zero attached hydrogens (tertiary/aromatic N) is 2. The number of hydrogen-bond acceptors (Lipinski definition) is 5. The number of carbonyl (C=O) groups is 1. The van der Waals surface area contributed by atoms with Gasteiger partial charge in [-0.15, -0.1) is 10.2 Å². The van der Waals surface area contributed by atoms with E-state index in [2.05, 4.69) is 15.5 Å². The number of carbonyl (C=O) groups excluding carboxylic acids is 1. The maximum Gasteiger partial charge on any atom is 0.257 e. The molecule has 0 bridgehead atoms. The fourth-order valence-corrected chi connectivity index (χ4v) is 3.62. The highest BCUT2D eigenvalue weighted by molar-refractivity contribution is 7.15. The van der Waals surface area contributed by atoms with E-state index in [0.29, 0.717) is 16.6 Å². The number of benzene rings is 1. The third-order valence-corrected chi connectivity index (χ3v) is 4.97. The number of ether oxygens (including phenoxy) is 1. The Morgan fingerprint density at radius 2 is 1.91 bits per heavy atom. The summed E-state index contributed by atoms with van der Waals surface area (Å²) in [5, 5.41) is 12.8. The quantitative estimate of drug-likeness (QED) is 0.930. The van der Waals surface area contributed by atoms with Crippen molar-refractivity contribution in [1.29, 1.82) is 0 Å². The molecule has 0 spiro atoms. The lowest BCUT2D eigenvalue weighted by atomic mass is 9.90. The predicted molar refractivity (Wildman–Crippen MR) is 86.7 cm³/mol. The van der Waals surface area contributed by atoms with Crippen molar-refractivity contribution in [3.8, 4) is 5.75 Å². The molecule has 0 saturated heterocycles. The van der Waals surface area contributed by atoms with Gasteiger partial charge in [-0.3, -0.25) is 10.1 Å². The van der Waals surface area contributed by atoms with Crippen molar-refractivity contribution in [1.82, 2.24) is 10.2 Å². The van der Waals surface area contributed by atoms with E-state index in [1.165, 1.54) is 43.4 Å². The molecule has 1 aromatic heterocycles. The Morgan fingerprint density at radius 1 is 1.18 bits per heavy atom. The summed E-state index contributed by atoms with van der Waals surface area (Å²) >= 11 is 1.49. The summed E-state index contributed by atoms with van der Waals surface area (Å²) in [5.41, 5.74) is 0.579. The van der Waals surface area contributed by atoms with Crippen LogP contribution < -0.4 is 10.1 Å². The highest BCUT2D eigenvalue weighted by Gasteiger charge is 2.20. The van der Waals surface area contributed by atoms with Gasteiger partial charge >= 0.3 is 0 Å². The molecule has 0 atom stereocenters. The standard InChI is InChI=1S/C16H19N3O2S/c1-21-13-9-7-11(8-10-13)14(20)17-16-19-18-15(22-16)12-5-3-2-4-6-12/h7-10,12H,2-6H2,1H3,(H,17,19,20). The van der Waals surface area contributed by atoms with Gasteiger partial charge in [-0.1, -0.05) is 30.6 Å². The molecule has 1 fully saturated rings. The maximum atomic E-state index is 12.2. The number of amides is 1. The summed E-state index contributed by atoms with van der Waals surface area (Å²) in [6.07, 6.45) is 6.20. The second kappa shape index (κ2) is 6.87. The molecule has 3 rings (SSSR count). The summed E-state index contributed by atoms with van der Waals surface area (Å²) in [6, 6.07) is 7.00. The van der Waals surface area contributed by atoms with Crippen molar-refractivity contribution in [3.63, 3.8) is 0 Å². The predicted octanol–water partition coefficient (Wildman–Crippen LogP) is 3.85. The van der Waals surface area contributed by atoms with E-state index in [4.69, 9.17) is 4.74 Å². The topological polar surface area (TPSA) is 64.1 Å². The van der Waals surface area contributed by atoms with Gasteiger partial charge in [0, 0.05) is 11.5 Å². The highest BCUT2D eigenvalue weighted by Crippen LogP contribution is 2.35. The van der Waals surface area contributed by atoms with Gasteiger partial charge < -0.3 is 4.74 Å². The minimum atomic E-state index is -0.172. The van der Waals surface area contributed by atoms with Crippen LogP contribution in [-0.2, 0) is 0 Å². The van der Waals surface area contributed by atoms with Gasteiger partial charge in [0.1, 0.15) is 10.8 Å². The average Bonchev–Trinajstić information content (AvgIpc) is 3.04. The lowest BCUT2D eigenvalue weighted by Gasteiger charge is -2.18. The molecule has 1 heterocycles. The van der Waals surface area contributed by atoms with E-state index in [9.17, 15) is 4.79 Å². The normalized spacial score (nSPS) is 15.5. The van der Waals surface area contributed by atoms with Crippen LogP contribution >= 0.6 is 11.3 Å². The van der Waals surface area contributed by atoms with E-state index >= 15 is 0 Å². The zero-order valence-corrected chi connectivity index (χ0v) is 13.4. The van der Waals surface area contributed by atoms with Gasteiger partial charge in [-0.25, -0.2) is 0 Å². The number of anilines is 1. The molecule has 1 saturated carbocycles. The van der Waals surface area contributed by atoms with Crippen LogP contribution in [0.3, 0.4) is 0 Å². The number of nitrogens with one attached hydrogen (secondary N) is 1. The van der Waals surface area contributed by atoms with E-state index in [1.54, 1.807) is 31.4 Å².